The Morgan fingerprint density at radius 1 is 1.19 bits per heavy atom. The molecule has 0 unspecified atom stereocenters. The van der Waals surface area contributed by atoms with Crippen molar-refractivity contribution >= 4 is 28.4 Å². The molecule has 5 rings (SSSR count). The van der Waals surface area contributed by atoms with Gasteiger partial charge in [-0.15, -0.1) is 0 Å². The Morgan fingerprint density at radius 3 is 2.69 bits per heavy atom. The first-order valence-corrected chi connectivity index (χ1v) is 11.8. The average Bonchev–Trinajstić information content (AvgIpc) is 3.55. The van der Waals surface area contributed by atoms with Crippen molar-refractivity contribution in [3.63, 3.8) is 0 Å². The van der Waals surface area contributed by atoms with E-state index in [1.807, 2.05) is 18.2 Å². The standard InChI is InChI=1S/C26H29ClN2O3/c1-16(30)28-14-22-12-21(31)13-25(32-22)29-15-20(26-23(27)3-2-4-24(26)29)11-17-5-7-18(8-6-17)19-9-10-19/h2-8,15,19,21-22,25,31H,9-14H2,1H3,(H,28,30)/t21-,22-,25+/m0/s1. The number of hydrogen-bond donors (Lipinski definition) is 2. The van der Waals surface area contributed by atoms with E-state index in [9.17, 15) is 9.90 Å². The molecule has 0 spiro atoms. The van der Waals surface area contributed by atoms with Gasteiger partial charge >= 0.3 is 0 Å². The lowest BCUT2D eigenvalue weighted by molar-refractivity contribution is -0.132. The first-order valence-electron chi connectivity index (χ1n) is 11.4. The Labute approximate surface area is 193 Å². The van der Waals surface area contributed by atoms with Gasteiger partial charge in [-0.1, -0.05) is 41.9 Å². The van der Waals surface area contributed by atoms with Gasteiger partial charge in [0.2, 0.25) is 5.91 Å². The Morgan fingerprint density at radius 2 is 1.97 bits per heavy atom. The molecule has 2 aliphatic rings. The van der Waals surface area contributed by atoms with Gasteiger partial charge in [-0.3, -0.25) is 4.79 Å². The molecular formula is C26H29ClN2O3. The highest BCUT2D eigenvalue weighted by atomic mass is 35.5. The number of fused-ring (bicyclic) bond motifs is 1. The number of hydrogen-bond acceptors (Lipinski definition) is 3. The molecule has 5 nitrogen and oxygen atoms in total. The maximum atomic E-state index is 11.3. The van der Waals surface area contributed by atoms with Crippen LogP contribution in [0.5, 0.6) is 0 Å². The molecule has 1 saturated carbocycles. The van der Waals surface area contributed by atoms with Crippen molar-refractivity contribution in [2.45, 2.75) is 63.4 Å². The zero-order valence-electron chi connectivity index (χ0n) is 18.3. The van der Waals surface area contributed by atoms with Crippen LogP contribution in [0.3, 0.4) is 0 Å². The van der Waals surface area contributed by atoms with E-state index in [1.165, 1.54) is 30.9 Å². The molecule has 3 aromatic rings. The number of aliphatic hydroxyl groups excluding tert-OH is 1. The van der Waals surface area contributed by atoms with E-state index in [0.717, 1.165) is 33.8 Å². The molecule has 0 bridgehead atoms. The minimum Gasteiger partial charge on any atom is -0.393 e. The third-order valence-corrected chi connectivity index (χ3v) is 6.87. The Hall–Kier alpha value is -2.34. The Balaban J connectivity index is 1.44. The van der Waals surface area contributed by atoms with Crippen LogP contribution in [0.4, 0.5) is 0 Å². The number of carbonyl (C=O) groups is 1. The summed E-state index contributed by atoms with van der Waals surface area (Å²) in [6.45, 7) is 1.88. The van der Waals surface area contributed by atoms with Crippen LogP contribution in [-0.4, -0.2) is 34.3 Å². The van der Waals surface area contributed by atoms with Gasteiger partial charge in [0.15, 0.2) is 0 Å². The topological polar surface area (TPSA) is 63.5 Å². The van der Waals surface area contributed by atoms with Crippen LogP contribution in [0.1, 0.15) is 61.4 Å². The number of aliphatic hydroxyl groups is 1. The van der Waals surface area contributed by atoms with Crippen LogP contribution in [0.15, 0.2) is 48.7 Å². The third-order valence-electron chi connectivity index (χ3n) is 6.56. The minimum atomic E-state index is -0.484. The van der Waals surface area contributed by atoms with Crippen molar-refractivity contribution in [1.29, 1.82) is 0 Å². The van der Waals surface area contributed by atoms with E-state index < -0.39 is 6.10 Å². The fourth-order valence-corrected chi connectivity index (χ4v) is 5.09. The van der Waals surface area contributed by atoms with Gasteiger partial charge in [-0.2, -0.15) is 0 Å². The quantitative estimate of drug-likeness (QED) is 0.557. The first kappa shape index (κ1) is 21.5. The molecule has 2 fully saturated rings. The number of nitrogens with zero attached hydrogens (tertiary/aromatic N) is 1. The number of benzene rings is 2. The highest BCUT2D eigenvalue weighted by Crippen LogP contribution is 2.40. The summed E-state index contributed by atoms with van der Waals surface area (Å²) in [6.07, 6.45) is 5.48. The summed E-state index contributed by atoms with van der Waals surface area (Å²) in [5.74, 6) is 0.652. The second kappa shape index (κ2) is 8.89. The maximum Gasteiger partial charge on any atom is 0.216 e. The van der Waals surface area contributed by atoms with Gasteiger partial charge in [-0.25, -0.2) is 0 Å². The number of rotatable bonds is 6. The molecule has 6 heteroatoms. The molecule has 1 aromatic heterocycles. The Bertz CT molecular complexity index is 1120. The largest absolute Gasteiger partial charge is 0.393 e. The molecule has 1 aliphatic carbocycles. The van der Waals surface area contributed by atoms with E-state index in [0.29, 0.717) is 19.4 Å². The Kier molecular flexibility index (Phi) is 5.97. The van der Waals surface area contributed by atoms with E-state index in [1.54, 1.807) is 0 Å². The lowest BCUT2D eigenvalue weighted by atomic mass is 10.0. The van der Waals surface area contributed by atoms with Crippen LogP contribution in [0, 0.1) is 0 Å². The summed E-state index contributed by atoms with van der Waals surface area (Å²) in [4.78, 5) is 11.3. The van der Waals surface area contributed by atoms with Crippen LogP contribution < -0.4 is 5.32 Å². The predicted octanol–water partition coefficient (Wildman–Crippen LogP) is 4.94. The SMILES string of the molecule is CC(=O)NC[C@@H]1C[C@H](O)C[C@H](n2cc(Cc3ccc(C4CC4)cc3)c3c(Cl)cccc32)O1. The van der Waals surface area contributed by atoms with Gasteiger partial charge in [0.25, 0.3) is 0 Å². The first-order chi connectivity index (χ1) is 15.5. The van der Waals surface area contributed by atoms with E-state index >= 15 is 0 Å². The highest BCUT2D eigenvalue weighted by molar-refractivity contribution is 6.35. The van der Waals surface area contributed by atoms with Crippen LogP contribution in [-0.2, 0) is 16.0 Å². The van der Waals surface area contributed by atoms with Crippen LogP contribution in [0.2, 0.25) is 5.02 Å². The van der Waals surface area contributed by atoms with Crippen molar-refractivity contribution < 1.29 is 14.6 Å². The number of carbonyl (C=O) groups excluding carboxylic acids is 1. The second-order valence-electron chi connectivity index (χ2n) is 9.16. The van der Waals surface area contributed by atoms with E-state index in [-0.39, 0.29) is 18.2 Å². The van der Waals surface area contributed by atoms with Gasteiger partial charge in [0.05, 0.1) is 22.7 Å². The van der Waals surface area contributed by atoms with E-state index in [2.05, 4.69) is 40.3 Å². The minimum absolute atomic E-state index is 0.0987. The van der Waals surface area contributed by atoms with Gasteiger partial charge in [-0.05, 0) is 54.0 Å². The zero-order chi connectivity index (χ0) is 22.2. The van der Waals surface area contributed by atoms with Gasteiger partial charge < -0.3 is 19.7 Å². The highest BCUT2D eigenvalue weighted by Gasteiger charge is 2.31. The van der Waals surface area contributed by atoms with Gasteiger partial charge in [0, 0.05) is 37.9 Å². The lowest BCUT2D eigenvalue weighted by Gasteiger charge is -2.34. The maximum absolute atomic E-state index is 11.3. The average molecular weight is 453 g/mol. The third kappa shape index (κ3) is 4.56. The summed E-state index contributed by atoms with van der Waals surface area (Å²) in [5, 5.41) is 15.0. The summed E-state index contributed by atoms with van der Waals surface area (Å²) >= 11 is 6.65. The summed E-state index contributed by atoms with van der Waals surface area (Å²) < 4.78 is 8.39. The van der Waals surface area contributed by atoms with Crippen molar-refractivity contribution in [1.82, 2.24) is 9.88 Å². The lowest BCUT2D eigenvalue weighted by Crippen LogP contribution is -2.40. The zero-order valence-corrected chi connectivity index (χ0v) is 19.0. The molecule has 2 aromatic carbocycles. The van der Waals surface area contributed by atoms with Crippen molar-refractivity contribution in [2.24, 2.45) is 0 Å². The smallest absolute Gasteiger partial charge is 0.216 e. The number of amides is 1. The normalized spacial score (nSPS) is 23.4. The molecule has 1 aliphatic heterocycles. The van der Waals surface area contributed by atoms with Gasteiger partial charge in [0.1, 0.15) is 6.23 Å². The summed E-state index contributed by atoms with van der Waals surface area (Å²) in [5.41, 5.74) is 4.83. The van der Waals surface area contributed by atoms with E-state index in [4.69, 9.17) is 16.3 Å². The molecule has 1 saturated heterocycles. The number of nitrogens with one attached hydrogen (secondary N) is 1. The molecule has 3 atom stereocenters. The molecule has 2 heterocycles. The predicted molar refractivity (Wildman–Crippen MR) is 126 cm³/mol. The van der Waals surface area contributed by atoms with Crippen molar-refractivity contribution in [3.05, 3.63) is 70.4 Å². The van der Waals surface area contributed by atoms with Crippen molar-refractivity contribution in [3.8, 4) is 0 Å². The molecule has 2 N–H and O–H groups in total. The van der Waals surface area contributed by atoms with Crippen molar-refractivity contribution in [2.75, 3.05) is 6.54 Å². The number of halogens is 1. The molecule has 1 amide bonds. The molecular weight excluding hydrogens is 424 g/mol. The molecule has 168 valence electrons. The number of ether oxygens (including phenoxy) is 1. The summed E-state index contributed by atoms with van der Waals surface area (Å²) in [7, 11) is 0. The molecule has 0 radical (unpaired) electrons. The summed E-state index contributed by atoms with van der Waals surface area (Å²) in [6, 6.07) is 14.9. The van der Waals surface area contributed by atoms with Crippen LogP contribution in [0.25, 0.3) is 10.9 Å². The molecule has 32 heavy (non-hydrogen) atoms. The number of aromatic nitrogens is 1. The van der Waals surface area contributed by atoms with Crippen LogP contribution >= 0.6 is 11.6 Å². The monoisotopic (exact) mass is 452 g/mol. The second-order valence-corrected chi connectivity index (χ2v) is 9.57. The fourth-order valence-electron chi connectivity index (χ4n) is 4.80. The fraction of sp³-hybridized carbons (Fsp3) is 0.423.